The summed E-state index contributed by atoms with van der Waals surface area (Å²) in [6, 6.07) is 0. The molecule has 2 heteroatoms. The Hall–Kier alpha value is -1.18. The maximum Gasteiger partial charge on any atom is 0.125 e. The van der Waals surface area contributed by atoms with E-state index in [1.54, 1.807) is 0 Å². The zero-order valence-corrected chi connectivity index (χ0v) is 8.88. The summed E-state index contributed by atoms with van der Waals surface area (Å²) in [5.41, 5.74) is 3.75. The van der Waals surface area contributed by atoms with Crippen LogP contribution in [-0.4, -0.2) is 9.97 Å². The Morgan fingerprint density at radius 3 is 3.00 bits per heavy atom. The van der Waals surface area contributed by atoms with Gasteiger partial charge in [0, 0.05) is 5.56 Å². The fourth-order valence-electron chi connectivity index (χ4n) is 1.93. The highest BCUT2D eigenvalue weighted by Gasteiger charge is 2.12. The average Bonchev–Trinajstić information content (AvgIpc) is 2.18. The molecular formula is C12H16N2. The van der Waals surface area contributed by atoms with Gasteiger partial charge in [0.1, 0.15) is 5.82 Å². The predicted molar refractivity (Wildman–Crippen MR) is 58.1 cm³/mol. The molecule has 0 spiro atoms. The number of hydrogen-bond acceptors (Lipinski definition) is 2. The molecule has 0 atom stereocenters. The van der Waals surface area contributed by atoms with Gasteiger partial charge in [0.25, 0.3) is 0 Å². The standard InChI is InChI=1S/C12H16N2/c1-3-6-11-10-7-4-5-8-12(10)14-9(2)13-11/h4,7H,3,5-6,8H2,1-2H3. The minimum absolute atomic E-state index is 0.919. The molecule has 0 fully saturated rings. The molecule has 0 saturated heterocycles. The highest BCUT2D eigenvalue weighted by molar-refractivity contribution is 5.56. The third kappa shape index (κ3) is 1.69. The second-order valence-corrected chi connectivity index (χ2v) is 3.77. The van der Waals surface area contributed by atoms with Crippen LogP contribution in [0.2, 0.25) is 0 Å². The van der Waals surface area contributed by atoms with Gasteiger partial charge in [-0.1, -0.05) is 25.5 Å². The summed E-state index contributed by atoms with van der Waals surface area (Å²) in [5.74, 6) is 0.919. The second kappa shape index (κ2) is 3.91. The van der Waals surface area contributed by atoms with Crippen LogP contribution in [0.15, 0.2) is 6.08 Å². The SMILES string of the molecule is CCCc1nc(C)nc2c1C=CCC2. The van der Waals surface area contributed by atoms with Gasteiger partial charge < -0.3 is 0 Å². The van der Waals surface area contributed by atoms with E-state index >= 15 is 0 Å². The summed E-state index contributed by atoms with van der Waals surface area (Å²) in [6.07, 6.45) is 8.82. The molecule has 0 radical (unpaired) electrons. The van der Waals surface area contributed by atoms with Crippen molar-refractivity contribution in [2.24, 2.45) is 0 Å². The Labute approximate surface area is 85.1 Å². The highest BCUT2D eigenvalue weighted by Crippen LogP contribution is 2.21. The van der Waals surface area contributed by atoms with E-state index in [0.717, 1.165) is 31.5 Å². The molecule has 0 N–H and O–H groups in total. The predicted octanol–water partition coefficient (Wildman–Crippen LogP) is 2.70. The molecule has 2 rings (SSSR count). The van der Waals surface area contributed by atoms with E-state index in [1.165, 1.54) is 17.0 Å². The molecule has 0 aliphatic heterocycles. The van der Waals surface area contributed by atoms with E-state index in [4.69, 9.17) is 0 Å². The highest BCUT2D eigenvalue weighted by atomic mass is 14.9. The zero-order chi connectivity index (χ0) is 9.97. The molecule has 0 saturated carbocycles. The topological polar surface area (TPSA) is 25.8 Å². The smallest absolute Gasteiger partial charge is 0.125 e. The van der Waals surface area contributed by atoms with Crippen molar-refractivity contribution >= 4 is 6.08 Å². The molecule has 1 aliphatic rings. The fraction of sp³-hybridized carbons (Fsp3) is 0.500. The van der Waals surface area contributed by atoms with Crippen molar-refractivity contribution in [3.05, 3.63) is 28.9 Å². The monoisotopic (exact) mass is 188 g/mol. The largest absolute Gasteiger partial charge is 0.238 e. The number of rotatable bonds is 2. The van der Waals surface area contributed by atoms with Crippen LogP contribution in [0, 0.1) is 6.92 Å². The van der Waals surface area contributed by atoms with Gasteiger partial charge in [0.15, 0.2) is 0 Å². The van der Waals surface area contributed by atoms with E-state index in [2.05, 4.69) is 29.0 Å². The molecule has 0 amide bonds. The van der Waals surface area contributed by atoms with Gasteiger partial charge in [-0.3, -0.25) is 0 Å². The molecule has 0 bridgehead atoms. The second-order valence-electron chi connectivity index (χ2n) is 3.77. The van der Waals surface area contributed by atoms with Crippen LogP contribution in [0.3, 0.4) is 0 Å². The molecule has 14 heavy (non-hydrogen) atoms. The Kier molecular flexibility index (Phi) is 2.62. The first-order valence-corrected chi connectivity index (χ1v) is 5.34. The van der Waals surface area contributed by atoms with Crippen LogP contribution in [0.5, 0.6) is 0 Å². The van der Waals surface area contributed by atoms with Crippen molar-refractivity contribution in [1.29, 1.82) is 0 Å². The fourth-order valence-corrected chi connectivity index (χ4v) is 1.93. The molecule has 1 heterocycles. The molecule has 0 unspecified atom stereocenters. The molecule has 1 aliphatic carbocycles. The van der Waals surface area contributed by atoms with Crippen LogP contribution in [0.4, 0.5) is 0 Å². The Morgan fingerprint density at radius 2 is 2.21 bits per heavy atom. The lowest BCUT2D eigenvalue weighted by molar-refractivity contribution is 0.813. The summed E-state index contributed by atoms with van der Waals surface area (Å²) in [6.45, 7) is 4.17. The van der Waals surface area contributed by atoms with Crippen LogP contribution < -0.4 is 0 Å². The Balaban J connectivity index is 2.48. The number of hydrogen-bond donors (Lipinski definition) is 0. The zero-order valence-electron chi connectivity index (χ0n) is 8.88. The van der Waals surface area contributed by atoms with Crippen molar-refractivity contribution in [3.8, 4) is 0 Å². The summed E-state index contributed by atoms with van der Waals surface area (Å²) in [7, 11) is 0. The first-order valence-electron chi connectivity index (χ1n) is 5.34. The minimum atomic E-state index is 0.919. The van der Waals surface area contributed by atoms with Crippen LogP contribution in [0.25, 0.3) is 6.08 Å². The quantitative estimate of drug-likeness (QED) is 0.713. The van der Waals surface area contributed by atoms with Crippen molar-refractivity contribution in [1.82, 2.24) is 9.97 Å². The number of nitrogens with zero attached hydrogens (tertiary/aromatic N) is 2. The summed E-state index contributed by atoms with van der Waals surface area (Å²) < 4.78 is 0. The lowest BCUT2D eigenvalue weighted by atomic mass is 9.99. The molecule has 1 aromatic rings. The Morgan fingerprint density at radius 1 is 1.36 bits per heavy atom. The van der Waals surface area contributed by atoms with Crippen molar-refractivity contribution in [3.63, 3.8) is 0 Å². The number of aryl methyl sites for hydroxylation is 3. The molecular weight excluding hydrogens is 172 g/mol. The van der Waals surface area contributed by atoms with E-state index < -0.39 is 0 Å². The van der Waals surface area contributed by atoms with E-state index in [1.807, 2.05) is 6.92 Å². The first kappa shape index (κ1) is 9.38. The van der Waals surface area contributed by atoms with Crippen molar-refractivity contribution < 1.29 is 0 Å². The minimum Gasteiger partial charge on any atom is -0.238 e. The van der Waals surface area contributed by atoms with Gasteiger partial charge in [-0.2, -0.15) is 0 Å². The lowest BCUT2D eigenvalue weighted by Crippen LogP contribution is -2.07. The van der Waals surface area contributed by atoms with E-state index in [-0.39, 0.29) is 0 Å². The van der Waals surface area contributed by atoms with Gasteiger partial charge in [-0.05, 0) is 26.2 Å². The van der Waals surface area contributed by atoms with Gasteiger partial charge in [-0.15, -0.1) is 0 Å². The molecule has 2 nitrogen and oxygen atoms in total. The van der Waals surface area contributed by atoms with Gasteiger partial charge in [0.2, 0.25) is 0 Å². The summed E-state index contributed by atoms with van der Waals surface area (Å²) >= 11 is 0. The maximum atomic E-state index is 4.51. The summed E-state index contributed by atoms with van der Waals surface area (Å²) in [5, 5.41) is 0. The molecule has 0 aromatic carbocycles. The number of fused-ring (bicyclic) bond motifs is 1. The van der Waals surface area contributed by atoms with Crippen LogP contribution >= 0.6 is 0 Å². The van der Waals surface area contributed by atoms with Gasteiger partial charge in [0.05, 0.1) is 11.4 Å². The van der Waals surface area contributed by atoms with Gasteiger partial charge in [-0.25, -0.2) is 9.97 Å². The van der Waals surface area contributed by atoms with Crippen LogP contribution in [0.1, 0.15) is 42.5 Å². The van der Waals surface area contributed by atoms with Gasteiger partial charge >= 0.3 is 0 Å². The van der Waals surface area contributed by atoms with E-state index in [9.17, 15) is 0 Å². The summed E-state index contributed by atoms with van der Waals surface area (Å²) in [4.78, 5) is 9.01. The normalized spacial score (nSPS) is 14.1. The molecule has 74 valence electrons. The third-order valence-corrected chi connectivity index (χ3v) is 2.53. The number of allylic oxidation sites excluding steroid dienone is 1. The number of aromatic nitrogens is 2. The molecule has 1 aromatic heterocycles. The third-order valence-electron chi connectivity index (χ3n) is 2.53. The van der Waals surface area contributed by atoms with Crippen molar-refractivity contribution in [2.75, 3.05) is 0 Å². The Bertz CT molecular complexity index is 367. The maximum absolute atomic E-state index is 4.51. The van der Waals surface area contributed by atoms with Crippen LogP contribution in [-0.2, 0) is 12.8 Å². The average molecular weight is 188 g/mol. The lowest BCUT2D eigenvalue weighted by Gasteiger charge is -2.13. The van der Waals surface area contributed by atoms with E-state index in [0.29, 0.717) is 0 Å². The first-order chi connectivity index (χ1) is 6.81. The van der Waals surface area contributed by atoms with Crippen molar-refractivity contribution in [2.45, 2.75) is 39.5 Å².